The number of nitrogens with one attached hydrogen (secondary N) is 2. The molecule has 1 aromatic heterocycles. The van der Waals surface area contributed by atoms with Gasteiger partial charge in [0.25, 0.3) is 0 Å². The van der Waals surface area contributed by atoms with Crippen LogP contribution in [0.3, 0.4) is 0 Å². The molecule has 0 aliphatic heterocycles. The normalized spacial score (nSPS) is 10.6. The van der Waals surface area contributed by atoms with Crippen molar-refractivity contribution in [3.63, 3.8) is 0 Å². The molecule has 106 valence electrons. The molecule has 0 saturated heterocycles. The summed E-state index contributed by atoms with van der Waals surface area (Å²) < 4.78 is 1.07. The number of para-hydroxylation sites is 1. The Labute approximate surface area is 131 Å². The number of halogens is 1. The predicted molar refractivity (Wildman–Crippen MR) is 91.2 cm³/mol. The van der Waals surface area contributed by atoms with E-state index in [1.54, 1.807) is 0 Å². The monoisotopic (exact) mass is 342 g/mol. The second-order valence-corrected chi connectivity index (χ2v) is 5.61. The molecule has 4 nitrogen and oxygen atoms in total. The fraction of sp³-hybridized carbons (Fsp3) is 0.125. The molecule has 0 bridgehead atoms. The zero-order valence-corrected chi connectivity index (χ0v) is 13.4. The molecule has 0 saturated carbocycles. The molecule has 5 heteroatoms. The van der Waals surface area contributed by atoms with Crippen molar-refractivity contribution >= 4 is 44.3 Å². The maximum Gasteiger partial charge on any atom is 0.224 e. The summed E-state index contributed by atoms with van der Waals surface area (Å²) in [7, 11) is 1.82. The number of aromatic nitrogens is 2. The molecular weight excluding hydrogens is 328 g/mol. The van der Waals surface area contributed by atoms with Gasteiger partial charge in [0.2, 0.25) is 5.95 Å². The second-order valence-electron chi connectivity index (χ2n) is 4.75. The van der Waals surface area contributed by atoms with Crippen LogP contribution in [-0.4, -0.2) is 17.0 Å². The highest BCUT2D eigenvalue weighted by Crippen LogP contribution is 2.27. The average Bonchev–Trinajstić information content (AvgIpc) is 2.51. The molecule has 0 radical (unpaired) electrons. The Hall–Kier alpha value is -2.14. The third-order valence-electron chi connectivity index (χ3n) is 3.26. The third-order valence-corrected chi connectivity index (χ3v) is 4.12. The Bertz CT molecular complexity index is 801. The topological polar surface area (TPSA) is 49.8 Å². The number of benzene rings is 2. The van der Waals surface area contributed by atoms with Gasteiger partial charge in [-0.1, -0.05) is 34.1 Å². The van der Waals surface area contributed by atoms with E-state index in [4.69, 9.17) is 0 Å². The summed E-state index contributed by atoms with van der Waals surface area (Å²) in [6.45, 7) is 2.06. The third kappa shape index (κ3) is 2.83. The van der Waals surface area contributed by atoms with E-state index in [1.807, 2.05) is 43.4 Å². The molecule has 0 atom stereocenters. The molecular formula is C16H15BrN4. The summed E-state index contributed by atoms with van der Waals surface area (Å²) in [5.41, 5.74) is 3.09. The van der Waals surface area contributed by atoms with Gasteiger partial charge in [-0.2, -0.15) is 4.98 Å². The predicted octanol–water partition coefficient (Wildman–Crippen LogP) is 4.49. The van der Waals surface area contributed by atoms with Crippen molar-refractivity contribution in [1.82, 2.24) is 9.97 Å². The van der Waals surface area contributed by atoms with Crippen LogP contribution in [0.4, 0.5) is 17.5 Å². The van der Waals surface area contributed by atoms with Gasteiger partial charge in [-0.25, -0.2) is 4.98 Å². The molecule has 0 aliphatic rings. The lowest BCUT2D eigenvalue weighted by atomic mass is 10.2. The largest absolute Gasteiger partial charge is 0.357 e. The number of nitrogens with zero attached hydrogens (tertiary/aromatic N) is 2. The summed E-state index contributed by atoms with van der Waals surface area (Å²) in [6, 6.07) is 14.1. The zero-order valence-electron chi connectivity index (χ0n) is 11.8. The van der Waals surface area contributed by atoms with Crippen LogP contribution in [-0.2, 0) is 0 Å². The van der Waals surface area contributed by atoms with Crippen molar-refractivity contribution in [2.24, 2.45) is 0 Å². The van der Waals surface area contributed by atoms with Gasteiger partial charge < -0.3 is 10.6 Å². The van der Waals surface area contributed by atoms with Gasteiger partial charge in [-0.05, 0) is 36.8 Å². The van der Waals surface area contributed by atoms with Crippen molar-refractivity contribution in [3.05, 3.63) is 52.5 Å². The Morgan fingerprint density at radius 2 is 1.86 bits per heavy atom. The average molecular weight is 343 g/mol. The summed E-state index contributed by atoms with van der Waals surface area (Å²) in [4.78, 5) is 8.97. The second kappa shape index (κ2) is 5.69. The fourth-order valence-corrected chi connectivity index (χ4v) is 2.47. The lowest BCUT2D eigenvalue weighted by Crippen LogP contribution is -2.02. The molecule has 2 N–H and O–H groups in total. The highest BCUT2D eigenvalue weighted by atomic mass is 79.9. The van der Waals surface area contributed by atoms with E-state index in [2.05, 4.69) is 49.5 Å². The Morgan fingerprint density at radius 1 is 1.05 bits per heavy atom. The summed E-state index contributed by atoms with van der Waals surface area (Å²) in [5.74, 6) is 1.39. The van der Waals surface area contributed by atoms with Crippen LogP contribution in [0.25, 0.3) is 10.9 Å². The first kappa shape index (κ1) is 13.8. The van der Waals surface area contributed by atoms with E-state index >= 15 is 0 Å². The number of hydrogen-bond acceptors (Lipinski definition) is 4. The van der Waals surface area contributed by atoms with Crippen LogP contribution in [0, 0.1) is 6.92 Å². The van der Waals surface area contributed by atoms with E-state index in [1.165, 1.54) is 5.56 Å². The standard InChI is InChI=1S/C16H15BrN4/c1-10-7-8-11(9-13(10)17)19-15-12-5-3-4-6-14(12)20-16(18-2)21-15/h3-9H,1-2H3,(H2,18,19,20,21). The van der Waals surface area contributed by atoms with Gasteiger partial charge >= 0.3 is 0 Å². The Kier molecular flexibility index (Phi) is 3.75. The lowest BCUT2D eigenvalue weighted by molar-refractivity contribution is 1.19. The van der Waals surface area contributed by atoms with Crippen molar-refractivity contribution in [1.29, 1.82) is 0 Å². The van der Waals surface area contributed by atoms with Crippen LogP contribution in [0.2, 0.25) is 0 Å². The number of anilines is 3. The number of fused-ring (bicyclic) bond motifs is 1. The minimum Gasteiger partial charge on any atom is -0.357 e. The van der Waals surface area contributed by atoms with Crippen LogP contribution < -0.4 is 10.6 Å². The maximum absolute atomic E-state index is 4.52. The summed E-state index contributed by atoms with van der Waals surface area (Å²) in [6.07, 6.45) is 0. The molecule has 2 aromatic carbocycles. The van der Waals surface area contributed by atoms with Crippen molar-refractivity contribution < 1.29 is 0 Å². The van der Waals surface area contributed by atoms with E-state index in [9.17, 15) is 0 Å². The van der Waals surface area contributed by atoms with Crippen LogP contribution >= 0.6 is 15.9 Å². The van der Waals surface area contributed by atoms with Gasteiger partial charge in [0.05, 0.1) is 5.52 Å². The quantitative estimate of drug-likeness (QED) is 0.736. The SMILES string of the molecule is CNc1nc(Nc2ccc(C)c(Br)c2)c2ccccc2n1. The smallest absolute Gasteiger partial charge is 0.224 e. The lowest BCUT2D eigenvalue weighted by Gasteiger charge is -2.11. The van der Waals surface area contributed by atoms with Gasteiger partial charge in [0.1, 0.15) is 5.82 Å². The zero-order chi connectivity index (χ0) is 14.8. The molecule has 21 heavy (non-hydrogen) atoms. The van der Waals surface area contributed by atoms with Gasteiger partial charge in [0.15, 0.2) is 0 Å². The minimum absolute atomic E-state index is 0.599. The molecule has 0 amide bonds. The minimum atomic E-state index is 0.599. The fourth-order valence-electron chi connectivity index (χ4n) is 2.09. The molecule has 3 aromatic rings. The molecule has 0 spiro atoms. The molecule has 0 aliphatic carbocycles. The van der Waals surface area contributed by atoms with E-state index in [0.717, 1.165) is 26.9 Å². The number of aryl methyl sites for hydroxylation is 1. The van der Waals surface area contributed by atoms with Gasteiger partial charge in [0, 0.05) is 22.6 Å². The van der Waals surface area contributed by atoms with Crippen LogP contribution in [0.1, 0.15) is 5.56 Å². The first-order chi connectivity index (χ1) is 10.2. The van der Waals surface area contributed by atoms with Crippen molar-refractivity contribution in [2.75, 3.05) is 17.7 Å². The number of rotatable bonds is 3. The first-order valence-corrected chi connectivity index (χ1v) is 7.44. The van der Waals surface area contributed by atoms with Crippen LogP contribution in [0.5, 0.6) is 0 Å². The Morgan fingerprint density at radius 3 is 2.62 bits per heavy atom. The highest BCUT2D eigenvalue weighted by molar-refractivity contribution is 9.10. The van der Waals surface area contributed by atoms with E-state index in [-0.39, 0.29) is 0 Å². The molecule has 3 rings (SSSR count). The van der Waals surface area contributed by atoms with Crippen LogP contribution in [0.15, 0.2) is 46.9 Å². The Balaban J connectivity index is 2.08. The number of hydrogen-bond donors (Lipinski definition) is 2. The molecule has 1 heterocycles. The van der Waals surface area contributed by atoms with E-state index < -0.39 is 0 Å². The first-order valence-electron chi connectivity index (χ1n) is 6.65. The van der Waals surface area contributed by atoms with Crippen molar-refractivity contribution in [3.8, 4) is 0 Å². The van der Waals surface area contributed by atoms with E-state index in [0.29, 0.717) is 5.95 Å². The van der Waals surface area contributed by atoms with Gasteiger partial charge in [-0.3, -0.25) is 0 Å². The summed E-state index contributed by atoms with van der Waals surface area (Å²) >= 11 is 3.55. The van der Waals surface area contributed by atoms with Crippen molar-refractivity contribution in [2.45, 2.75) is 6.92 Å². The van der Waals surface area contributed by atoms with Gasteiger partial charge in [-0.15, -0.1) is 0 Å². The highest BCUT2D eigenvalue weighted by Gasteiger charge is 2.07. The molecule has 0 fully saturated rings. The maximum atomic E-state index is 4.52. The summed E-state index contributed by atoms with van der Waals surface area (Å²) in [5, 5.41) is 7.36. The molecule has 0 unspecified atom stereocenters.